The highest BCUT2D eigenvalue weighted by atomic mass is 16.7. The first-order valence-corrected chi connectivity index (χ1v) is 8.44. The predicted molar refractivity (Wildman–Crippen MR) is 96.1 cm³/mol. The van der Waals surface area contributed by atoms with Crippen LogP contribution in [0.1, 0.15) is 45.7 Å². The van der Waals surface area contributed by atoms with Crippen LogP contribution in [0.25, 0.3) is 5.47 Å². The Labute approximate surface area is 145 Å². The highest BCUT2D eigenvalue weighted by Crippen LogP contribution is 2.45. The highest BCUT2D eigenvalue weighted by Gasteiger charge is 2.54. The number of benzene rings is 1. The summed E-state index contributed by atoms with van der Waals surface area (Å²) in [5.74, 6) is 0.840. The van der Waals surface area contributed by atoms with E-state index >= 15 is 0 Å². The molecule has 0 saturated carbocycles. The van der Waals surface area contributed by atoms with Crippen LogP contribution in [0.3, 0.4) is 0 Å². The van der Waals surface area contributed by atoms with Crippen molar-refractivity contribution >= 4 is 12.6 Å². The Balaban J connectivity index is 2.07. The summed E-state index contributed by atoms with van der Waals surface area (Å²) in [6, 6.07) is 6.19. The van der Waals surface area contributed by atoms with Crippen LogP contribution in [0.2, 0.25) is 0 Å². The average Bonchev–Trinajstić information content (AvgIpc) is 2.67. The molecule has 1 atom stereocenters. The molecule has 2 aliphatic rings. The van der Waals surface area contributed by atoms with Gasteiger partial charge in [0.1, 0.15) is 11.4 Å². The molecule has 5 heteroatoms. The minimum Gasteiger partial charge on any atom is -0.480 e. The fourth-order valence-corrected chi connectivity index (χ4v) is 3.17. The van der Waals surface area contributed by atoms with Crippen molar-refractivity contribution in [3.8, 4) is 5.75 Å². The summed E-state index contributed by atoms with van der Waals surface area (Å²) in [5.41, 5.74) is 1.92. The molecule has 0 radical (unpaired) electrons. The summed E-state index contributed by atoms with van der Waals surface area (Å²) < 4.78 is 24.1. The minimum atomic E-state index is -0.546. The summed E-state index contributed by atoms with van der Waals surface area (Å²) in [6.07, 6.45) is 2.08. The average molecular weight is 330 g/mol. The maximum Gasteiger partial charge on any atom is 0.495 e. The largest absolute Gasteiger partial charge is 0.495 e. The summed E-state index contributed by atoms with van der Waals surface area (Å²) in [6.45, 7) is 12.8. The van der Waals surface area contributed by atoms with Crippen LogP contribution < -0.4 is 4.74 Å². The standard InChI is InChI=1S/C19H27BO4/c1-13-8-9-16-14(10-13)15(11-19(6,22-16)12-21-7)20-23-17(2,3)18(4,5)24-20/h8-11H,12H2,1-7H3. The molecule has 4 nitrogen and oxygen atoms in total. The SMILES string of the molecule is COCC1(C)C=C(B2OC(C)(C)C(C)(C)O2)c2cc(C)ccc2O1. The van der Waals surface area contributed by atoms with Gasteiger partial charge in [-0.1, -0.05) is 11.6 Å². The molecule has 0 amide bonds. The first kappa shape index (κ1) is 17.5. The zero-order valence-corrected chi connectivity index (χ0v) is 15.7. The molecule has 1 saturated heterocycles. The predicted octanol–water partition coefficient (Wildman–Crippen LogP) is 3.81. The van der Waals surface area contributed by atoms with Gasteiger partial charge in [0.15, 0.2) is 0 Å². The molecule has 130 valence electrons. The Morgan fingerprint density at radius 3 is 2.25 bits per heavy atom. The number of hydrogen-bond acceptors (Lipinski definition) is 4. The summed E-state index contributed by atoms with van der Waals surface area (Å²) in [7, 11) is 1.26. The number of aryl methyl sites for hydroxylation is 1. The second kappa shape index (κ2) is 5.62. The van der Waals surface area contributed by atoms with Gasteiger partial charge in [-0.2, -0.15) is 0 Å². The van der Waals surface area contributed by atoms with Crippen molar-refractivity contribution in [2.75, 3.05) is 13.7 Å². The maximum atomic E-state index is 6.28. The van der Waals surface area contributed by atoms with Gasteiger partial charge < -0.3 is 18.8 Å². The van der Waals surface area contributed by atoms with Crippen LogP contribution in [-0.2, 0) is 14.0 Å². The first-order chi connectivity index (χ1) is 11.1. The Kier molecular flexibility index (Phi) is 4.10. The Hall–Kier alpha value is -1.30. The van der Waals surface area contributed by atoms with E-state index < -0.39 is 12.7 Å². The van der Waals surface area contributed by atoms with E-state index in [4.69, 9.17) is 18.8 Å². The molecule has 1 aromatic rings. The lowest BCUT2D eigenvalue weighted by Gasteiger charge is -2.34. The van der Waals surface area contributed by atoms with Crippen LogP contribution in [0.4, 0.5) is 0 Å². The van der Waals surface area contributed by atoms with E-state index in [1.165, 1.54) is 5.56 Å². The van der Waals surface area contributed by atoms with Crippen LogP contribution in [0.15, 0.2) is 24.3 Å². The quantitative estimate of drug-likeness (QED) is 0.790. The molecule has 0 N–H and O–H groups in total. The normalized spacial score (nSPS) is 27.5. The van der Waals surface area contributed by atoms with Gasteiger partial charge in [-0.3, -0.25) is 0 Å². The zero-order chi connectivity index (χ0) is 17.8. The molecule has 2 heterocycles. The molecular weight excluding hydrogens is 303 g/mol. The van der Waals surface area contributed by atoms with Crippen molar-refractivity contribution in [3.63, 3.8) is 0 Å². The Morgan fingerprint density at radius 1 is 1.04 bits per heavy atom. The summed E-state index contributed by atoms with van der Waals surface area (Å²) >= 11 is 0. The monoisotopic (exact) mass is 330 g/mol. The third kappa shape index (κ3) is 2.89. The molecule has 0 aromatic heterocycles. The number of rotatable bonds is 3. The maximum absolute atomic E-state index is 6.28. The molecule has 1 unspecified atom stereocenters. The van der Waals surface area contributed by atoms with Crippen LogP contribution >= 0.6 is 0 Å². The third-order valence-electron chi connectivity index (χ3n) is 5.19. The molecule has 1 fully saturated rings. The van der Waals surface area contributed by atoms with E-state index in [-0.39, 0.29) is 11.2 Å². The van der Waals surface area contributed by atoms with Crippen LogP contribution in [-0.4, -0.2) is 37.6 Å². The lowest BCUT2D eigenvalue weighted by Crippen LogP contribution is -2.41. The zero-order valence-electron chi connectivity index (χ0n) is 15.7. The second-order valence-electron chi connectivity index (χ2n) is 8.04. The van der Waals surface area contributed by atoms with Gasteiger partial charge in [0, 0.05) is 12.7 Å². The highest BCUT2D eigenvalue weighted by molar-refractivity contribution is 6.69. The lowest BCUT2D eigenvalue weighted by atomic mass is 9.70. The number of ether oxygens (including phenoxy) is 2. The topological polar surface area (TPSA) is 36.9 Å². The van der Waals surface area contributed by atoms with Crippen molar-refractivity contribution < 1.29 is 18.8 Å². The summed E-state index contributed by atoms with van der Waals surface area (Å²) in [4.78, 5) is 0. The fraction of sp³-hybridized carbons (Fsp3) is 0.579. The van der Waals surface area contributed by atoms with Gasteiger partial charge in [0.05, 0.1) is 17.8 Å². The molecule has 0 spiro atoms. The van der Waals surface area contributed by atoms with Gasteiger partial charge in [0.2, 0.25) is 0 Å². The van der Waals surface area contributed by atoms with Gasteiger partial charge in [-0.15, -0.1) is 0 Å². The van der Waals surface area contributed by atoms with E-state index in [1.54, 1.807) is 7.11 Å². The van der Waals surface area contributed by atoms with E-state index in [1.807, 2.05) is 13.0 Å². The number of hydrogen-bond donors (Lipinski definition) is 0. The Morgan fingerprint density at radius 2 is 1.67 bits per heavy atom. The van der Waals surface area contributed by atoms with Gasteiger partial charge >= 0.3 is 7.12 Å². The number of fused-ring (bicyclic) bond motifs is 1. The third-order valence-corrected chi connectivity index (χ3v) is 5.19. The van der Waals surface area contributed by atoms with E-state index in [0.717, 1.165) is 16.8 Å². The summed E-state index contributed by atoms with van der Waals surface area (Å²) in [5, 5.41) is 0. The molecule has 2 aliphatic heterocycles. The molecule has 0 aliphatic carbocycles. The van der Waals surface area contributed by atoms with E-state index in [2.05, 4.69) is 52.8 Å². The van der Waals surface area contributed by atoms with Crippen molar-refractivity contribution in [2.45, 2.75) is 58.3 Å². The second-order valence-corrected chi connectivity index (χ2v) is 8.04. The smallest absolute Gasteiger partial charge is 0.480 e. The van der Waals surface area contributed by atoms with E-state index in [0.29, 0.717) is 6.61 Å². The van der Waals surface area contributed by atoms with Crippen LogP contribution in [0.5, 0.6) is 5.75 Å². The van der Waals surface area contributed by atoms with Crippen molar-refractivity contribution in [2.24, 2.45) is 0 Å². The van der Waals surface area contributed by atoms with Crippen molar-refractivity contribution in [3.05, 3.63) is 35.4 Å². The lowest BCUT2D eigenvalue weighted by molar-refractivity contribution is 0.00578. The molecule has 24 heavy (non-hydrogen) atoms. The van der Waals surface area contributed by atoms with E-state index in [9.17, 15) is 0 Å². The van der Waals surface area contributed by atoms with Gasteiger partial charge in [0.25, 0.3) is 0 Å². The van der Waals surface area contributed by atoms with Gasteiger partial charge in [-0.25, -0.2) is 0 Å². The molecular formula is C19H27BO4. The Bertz CT molecular complexity index is 664. The van der Waals surface area contributed by atoms with Crippen molar-refractivity contribution in [1.29, 1.82) is 0 Å². The van der Waals surface area contributed by atoms with Gasteiger partial charge in [-0.05, 0) is 65.2 Å². The fourth-order valence-electron chi connectivity index (χ4n) is 3.17. The first-order valence-electron chi connectivity index (χ1n) is 8.44. The minimum absolute atomic E-state index is 0.377. The molecule has 0 bridgehead atoms. The number of methoxy groups -OCH3 is 1. The molecule has 3 rings (SSSR count). The molecule has 1 aromatic carbocycles. The van der Waals surface area contributed by atoms with Crippen molar-refractivity contribution in [1.82, 2.24) is 0 Å². The van der Waals surface area contributed by atoms with Crippen LogP contribution in [0, 0.1) is 6.92 Å².